The molecule has 5 N–H and O–H groups in total. The highest BCUT2D eigenvalue weighted by atomic mass is 16.4. The predicted molar refractivity (Wildman–Crippen MR) is 162 cm³/mol. The van der Waals surface area contributed by atoms with Crippen LogP contribution in [0.2, 0.25) is 0 Å². The summed E-state index contributed by atoms with van der Waals surface area (Å²) in [6, 6.07) is 12.2. The molecule has 0 aliphatic carbocycles. The van der Waals surface area contributed by atoms with Crippen molar-refractivity contribution in [2.45, 2.75) is 67.3 Å². The van der Waals surface area contributed by atoms with E-state index in [1.807, 2.05) is 50.8 Å². The van der Waals surface area contributed by atoms with Gasteiger partial charge in [0.1, 0.15) is 0 Å². The maximum absolute atomic E-state index is 13.8. The fourth-order valence-corrected chi connectivity index (χ4v) is 6.01. The van der Waals surface area contributed by atoms with Crippen LogP contribution in [0, 0.1) is 40.5 Å². The molecule has 0 aromatic heterocycles. The SMILES string of the molecule is CCN(N)c1ccc(C(c2ccc3c(c2)CN(C(=O)c2c(C)c(C)cc(C)c2C)CC3)C(C)C(=O)O)c(C)c1N. The number of nitrogens with two attached hydrogens (primary N) is 2. The first-order valence-corrected chi connectivity index (χ1v) is 14.0. The average molecular weight is 543 g/mol. The van der Waals surface area contributed by atoms with Gasteiger partial charge in [0.15, 0.2) is 0 Å². The molecule has 0 spiro atoms. The molecule has 212 valence electrons. The zero-order valence-corrected chi connectivity index (χ0v) is 24.8. The molecule has 0 saturated carbocycles. The number of carbonyl (C=O) groups excluding carboxylic acids is 1. The Morgan fingerprint density at radius 2 is 1.62 bits per heavy atom. The summed E-state index contributed by atoms with van der Waals surface area (Å²) in [5.74, 6) is 4.19. The molecule has 2 unspecified atom stereocenters. The molecule has 0 bridgehead atoms. The third-order valence-electron chi connectivity index (χ3n) is 8.88. The summed E-state index contributed by atoms with van der Waals surface area (Å²) in [6.07, 6.45) is 0.757. The van der Waals surface area contributed by atoms with Gasteiger partial charge in [0.2, 0.25) is 0 Å². The van der Waals surface area contributed by atoms with Gasteiger partial charge in [0, 0.05) is 31.1 Å². The van der Waals surface area contributed by atoms with Crippen molar-refractivity contribution in [3.05, 3.63) is 92.0 Å². The van der Waals surface area contributed by atoms with Crippen LogP contribution >= 0.6 is 0 Å². The molecule has 7 heteroatoms. The van der Waals surface area contributed by atoms with Crippen molar-refractivity contribution in [1.82, 2.24) is 4.90 Å². The second kappa shape index (κ2) is 11.3. The van der Waals surface area contributed by atoms with Crippen LogP contribution in [0.15, 0.2) is 36.4 Å². The first kappa shape index (κ1) is 29.2. The van der Waals surface area contributed by atoms with E-state index in [0.29, 0.717) is 25.3 Å². The Bertz CT molecular complexity index is 1450. The van der Waals surface area contributed by atoms with E-state index in [1.165, 1.54) is 5.56 Å². The third-order valence-corrected chi connectivity index (χ3v) is 8.88. The summed E-state index contributed by atoms with van der Waals surface area (Å²) in [4.78, 5) is 28.0. The number of fused-ring (bicyclic) bond motifs is 1. The van der Waals surface area contributed by atoms with Gasteiger partial charge in [-0.3, -0.25) is 9.59 Å². The number of anilines is 2. The van der Waals surface area contributed by atoms with E-state index < -0.39 is 17.8 Å². The normalized spacial score (nSPS) is 14.4. The van der Waals surface area contributed by atoms with E-state index in [4.69, 9.17) is 11.6 Å². The van der Waals surface area contributed by atoms with E-state index in [9.17, 15) is 14.7 Å². The van der Waals surface area contributed by atoms with E-state index in [2.05, 4.69) is 32.0 Å². The van der Waals surface area contributed by atoms with Crippen LogP contribution in [-0.4, -0.2) is 35.0 Å². The maximum atomic E-state index is 13.8. The van der Waals surface area contributed by atoms with Crippen molar-refractivity contribution in [2.75, 3.05) is 23.8 Å². The molecule has 2 atom stereocenters. The third kappa shape index (κ3) is 5.18. The molecule has 1 amide bonds. The van der Waals surface area contributed by atoms with Crippen LogP contribution in [-0.2, 0) is 17.8 Å². The number of aliphatic carboxylic acids is 1. The molecule has 0 fully saturated rings. The molecule has 0 saturated heterocycles. The first-order valence-electron chi connectivity index (χ1n) is 14.0. The van der Waals surface area contributed by atoms with E-state index in [1.54, 1.807) is 11.9 Å². The Kier molecular flexibility index (Phi) is 8.26. The summed E-state index contributed by atoms with van der Waals surface area (Å²) in [6.45, 7) is 15.5. The maximum Gasteiger partial charge on any atom is 0.307 e. The molecule has 1 heterocycles. The van der Waals surface area contributed by atoms with Crippen molar-refractivity contribution in [1.29, 1.82) is 0 Å². The number of benzene rings is 3. The number of rotatable bonds is 7. The van der Waals surface area contributed by atoms with Gasteiger partial charge in [-0.2, -0.15) is 0 Å². The molecule has 1 aliphatic rings. The molecule has 0 radical (unpaired) electrons. The number of hydrazine groups is 1. The Morgan fingerprint density at radius 1 is 0.975 bits per heavy atom. The zero-order valence-electron chi connectivity index (χ0n) is 24.8. The minimum atomic E-state index is -0.878. The smallest absolute Gasteiger partial charge is 0.307 e. The molecule has 1 aliphatic heterocycles. The fourth-order valence-electron chi connectivity index (χ4n) is 6.01. The van der Waals surface area contributed by atoms with Crippen molar-refractivity contribution in [3.63, 3.8) is 0 Å². The van der Waals surface area contributed by atoms with Gasteiger partial charge in [-0.15, -0.1) is 0 Å². The Hall–Kier alpha value is -3.84. The van der Waals surface area contributed by atoms with Gasteiger partial charge in [-0.05, 0) is 104 Å². The first-order chi connectivity index (χ1) is 18.9. The summed E-state index contributed by atoms with van der Waals surface area (Å²) >= 11 is 0. The molecule has 3 aromatic carbocycles. The van der Waals surface area contributed by atoms with E-state index in [-0.39, 0.29) is 5.91 Å². The summed E-state index contributed by atoms with van der Waals surface area (Å²) < 4.78 is 0. The zero-order chi connectivity index (χ0) is 29.5. The second-order valence-corrected chi connectivity index (χ2v) is 11.2. The van der Waals surface area contributed by atoms with Gasteiger partial charge in [0.05, 0.1) is 17.3 Å². The lowest BCUT2D eigenvalue weighted by Gasteiger charge is -2.32. The lowest BCUT2D eigenvalue weighted by molar-refractivity contribution is -0.141. The average Bonchev–Trinajstić information content (AvgIpc) is 2.93. The van der Waals surface area contributed by atoms with Gasteiger partial charge in [-0.1, -0.05) is 37.3 Å². The van der Waals surface area contributed by atoms with Gasteiger partial charge >= 0.3 is 5.97 Å². The number of amides is 1. The van der Waals surface area contributed by atoms with Crippen LogP contribution in [0.1, 0.15) is 80.2 Å². The number of carboxylic acids is 1. The van der Waals surface area contributed by atoms with Gasteiger partial charge < -0.3 is 20.7 Å². The van der Waals surface area contributed by atoms with Crippen LogP contribution in [0.25, 0.3) is 0 Å². The molecule has 7 nitrogen and oxygen atoms in total. The van der Waals surface area contributed by atoms with E-state index in [0.717, 1.165) is 62.2 Å². The number of hydrogen-bond donors (Lipinski definition) is 3. The van der Waals surface area contributed by atoms with E-state index >= 15 is 0 Å². The molecular formula is C33H42N4O3. The number of carboxylic acid groups (broad SMARTS) is 1. The van der Waals surface area contributed by atoms with Crippen LogP contribution in [0.5, 0.6) is 0 Å². The van der Waals surface area contributed by atoms with Gasteiger partial charge in [0.25, 0.3) is 5.91 Å². The monoisotopic (exact) mass is 542 g/mol. The van der Waals surface area contributed by atoms with Gasteiger partial charge in [-0.25, -0.2) is 5.84 Å². The summed E-state index contributed by atoms with van der Waals surface area (Å²) in [7, 11) is 0. The Balaban J connectivity index is 1.74. The van der Waals surface area contributed by atoms with Crippen molar-refractivity contribution < 1.29 is 14.7 Å². The highest BCUT2D eigenvalue weighted by Crippen LogP contribution is 2.40. The summed E-state index contributed by atoms with van der Waals surface area (Å²) in [5.41, 5.74) is 17.7. The standard InChI is InChI=1S/C33H42N4O3/c1-8-37(35)28-12-11-27(22(6)31(28)34)30(23(7)33(39)40)25-10-9-24-13-14-36(17-26(24)16-25)32(38)29-20(4)18(2)15-19(3)21(29)5/h9-12,15-16,23,30H,8,13-14,17,34-35H2,1-7H3,(H,39,40). The number of nitrogens with zero attached hydrogens (tertiary/aromatic N) is 2. The van der Waals surface area contributed by atoms with Crippen LogP contribution < -0.4 is 16.6 Å². The van der Waals surface area contributed by atoms with Crippen LogP contribution in [0.3, 0.4) is 0 Å². The Labute approximate surface area is 237 Å². The minimum Gasteiger partial charge on any atom is -0.481 e. The van der Waals surface area contributed by atoms with Crippen molar-refractivity contribution in [3.8, 4) is 0 Å². The van der Waals surface area contributed by atoms with Crippen molar-refractivity contribution >= 4 is 23.3 Å². The second-order valence-electron chi connectivity index (χ2n) is 11.2. The Morgan fingerprint density at radius 3 is 2.23 bits per heavy atom. The predicted octanol–water partition coefficient (Wildman–Crippen LogP) is 5.56. The molecule has 4 rings (SSSR count). The minimum absolute atomic E-state index is 0.0507. The van der Waals surface area contributed by atoms with Crippen molar-refractivity contribution in [2.24, 2.45) is 11.8 Å². The molecule has 3 aromatic rings. The largest absolute Gasteiger partial charge is 0.481 e. The highest BCUT2D eigenvalue weighted by molar-refractivity contribution is 5.98. The quantitative estimate of drug-likeness (QED) is 0.205. The van der Waals surface area contributed by atoms with Crippen LogP contribution in [0.4, 0.5) is 11.4 Å². The number of carbonyl (C=O) groups is 2. The fraction of sp³-hybridized carbons (Fsp3) is 0.394. The molecular weight excluding hydrogens is 500 g/mol. The lowest BCUT2D eigenvalue weighted by Crippen LogP contribution is -2.37. The highest BCUT2D eigenvalue weighted by Gasteiger charge is 2.31. The summed E-state index contributed by atoms with van der Waals surface area (Å²) in [5, 5.41) is 11.7. The number of hydrogen-bond acceptors (Lipinski definition) is 5. The molecule has 40 heavy (non-hydrogen) atoms. The number of nitrogen functional groups attached to an aromatic ring is 1. The topological polar surface area (TPSA) is 113 Å². The lowest BCUT2D eigenvalue weighted by atomic mass is 9.78. The number of aryl methyl sites for hydroxylation is 2.